The number of carboxylic acid groups (broad SMARTS) is 1. The fraction of sp³-hybridized carbons (Fsp3) is 0.462. The molecule has 1 unspecified atom stereocenters. The molecule has 1 N–H and O–H groups in total. The molecule has 0 spiro atoms. The quantitative estimate of drug-likeness (QED) is 0.880. The summed E-state index contributed by atoms with van der Waals surface area (Å²) < 4.78 is 18.2. The summed E-state index contributed by atoms with van der Waals surface area (Å²) in [5.41, 5.74) is -0.515. The molecule has 0 aliphatic heterocycles. The molecule has 17 heavy (non-hydrogen) atoms. The van der Waals surface area contributed by atoms with Crippen molar-refractivity contribution in [2.45, 2.75) is 26.2 Å². The maximum absolute atomic E-state index is 13.3. The Morgan fingerprint density at radius 3 is 2.47 bits per heavy atom. The fourth-order valence-electron chi connectivity index (χ4n) is 1.69. The summed E-state index contributed by atoms with van der Waals surface area (Å²) in [6.45, 7) is 5.28. The first-order valence-electron chi connectivity index (χ1n) is 5.41. The van der Waals surface area contributed by atoms with Crippen molar-refractivity contribution in [3.05, 3.63) is 29.6 Å². The van der Waals surface area contributed by atoms with Gasteiger partial charge in [0.05, 0.1) is 12.5 Å². The molecule has 0 radical (unpaired) electrons. The van der Waals surface area contributed by atoms with Gasteiger partial charge in [0, 0.05) is 0 Å². The second-order valence-electron chi connectivity index (χ2n) is 4.51. The predicted octanol–water partition coefficient (Wildman–Crippen LogP) is 2.83. The van der Waals surface area contributed by atoms with E-state index >= 15 is 0 Å². The van der Waals surface area contributed by atoms with Crippen molar-refractivity contribution in [1.82, 2.24) is 0 Å². The van der Waals surface area contributed by atoms with E-state index in [1.807, 2.05) is 13.8 Å². The highest BCUT2D eigenvalue weighted by Gasteiger charge is 2.38. The van der Waals surface area contributed by atoms with Crippen molar-refractivity contribution in [1.29, 1.82) is 0 Å². The lowest BCUT2D eigenvalue weighted by Crippen LogP contribution is -2.37. The van der Waals surface area contributed by atoms with E-state index < -0.39 is 17.2 Å². The first-order chi connectivity index (χ1) is 7.83. The molecule has 0 aromatic heterocycles. The van der Waals surface area contributed by atoms with Crippen molar-refractivity contribution < 1.29 is 19.0 Å². The van der Waals surface area contributed by atoms with Crippen LogP contribution in [0.3, 0.4) is 0 Å². The third-order valence-corrected chi connectivity index (χ3v) is 3.35. The molecule has 1 aromatic carbocycles. The van der Waals surface area contributed by atoms with Crippen LogP contribution < -0.4 is 4.74 Å². The zero-order valence-electron chi connectivity index (χ0n) is 10.5. The largest absolute Gasteiger partial charge is 0.494 e. The van der Waals surface area contributed by atoms with Crippen LogP contribution >= 0.6 is 0 Å². The Morgan fingerprint density at radius 2 is 2.06 bits per heavy atom. The summed E-state index contributed by atoms with van der Waals surface area (Å²) in [4.78, 5) is 11.4. The Labute approximate surface area is 100 Å². The van der Waals surface area contributed by atoms with E-state index in [1.54, 1.807) is 6.92 Å². The summed E-state index contributed by atoms with van der Waals surface area (Å²) in [6, 6.07) is 4.17. The molecule has 0 bridgehead atoms. The summed E-state index contributed by atoms with van der Waals surface area (Å²) in [7, 11) is 1.36. The maximum atomic E-state index is 13.3. The molecular weight excluding hydrogens is 223 g/mol. The molecule has 0 aliphatic carbocycles. The number of carbonyl (C=O) groups is 1. The highest BCUT2D eigenvalue weighted by molar-refractivity contribution is 5.81. The Hall–Kier alpha value is -1.58. The van der Waals surface area contributed by atoms with Gasteiger partial charge >= 0.3 is 5.97 Å². The number of aliphatic carboxylic acids is 1. The number of carboxylic acids is 1. The summed E-state index contributed by atoms with van der Waals surface area (Å²) in [5, 5.41) is 9.35. The molecule has 3 nitrogen and oxygen atoms in total. The normalized spacial score (nSPS) is 14.5. The van der Waals surface area contributed by atoms with Gasteiger partial charge in [0.25, 0.3) is 0 Å². The van der Waals surface area contributed by atoms with Gasteiger partial charge in [0.1, 0.15) is 0 Å². The number of hydrogen-bond acceptors (Lipinski definition) is 2. The lowest BCUT2D eigenvalue weighted by molar-refractivity contribution is -0.145. The number of hydrogen-bond donors (Lipinski definition) is 1. The molecule has 0 amide bonds. The van der Waals surface area contributed by atoms with Crippen LogP contribution in [0.2, 0.25) is 0 Å². The van der Waals surface area contributed by atoms with Crippen LogP contribution in [0.5, 0.6) is 5.75 Å². The molecule has 0 heterocycles. The second kappa shape index (κ2) is 4.73. The van der Waals surface area contributed by atoms with Crippen molar-refractivity contribution in [3.63, 3.8) is 0 Å². The molecule has 1 aromatic rings. The number of methoxy groups -OCH3 is 1. The Kier molecular flexibility index (Phi) is 3.76. The van der Waals surface area contributed by atoms with Crippen molar-refractivity contribution in [2.75, 3.05) is 7.11 Å². The van der Waals surface area contributed by atoms with Gasteiger partial charge in [-0.3, -0.25) is 4.79 Å². The van der Waals surface area contributed by atoms with Gasteiger partial charge < -0.3 is 9.84 Å². The Morgan fingerprint density at radius 1 is 1.47 bits per heavy atom. The third kappa shape index (κ3) is 2.25. The second-order valence-corrected chi connectivity index (χ2v) is 4.51. The Bertz CT molecular complexity index is 429. The summed E-state index contributed by atoms with van der Waals surface area (Å²) in [6.07, 6.45) is 0. The van der Waals surface area contributed by atoms with Crippen LogP contribution in [0.25, 0.3) is 0 Å². The third-order valence-electron chi connectivity index (χ3n) is 3.35. The van der Waals surface area contributed by atoms with Gasteiger partial charge in [-0.15, -0.1) is 0 Å². The fourth-order valence-corrected chi connectivity index (χ4v) is 1.69. The SMILES string of the molecule is COc1cc(C(C)(C(=O)O)C(C)C)ccc1F. The van der Waals surface area contributed by atoms with Gasteiger partial charge in [0.2, 0.25) is 0 Å². The van der Waals surface area contributed by atoms with E-state index in [-0.39, 0.29) is 11.7 Å². The number of halogens is 1. The standard InChI is InChI=1S/C13H17FO3/c1-8(2)13(3,12(15)16)9-5-6-10(14)11(7-9)17-4/h5-8H,1-4H3,(H,15,16). The van der Waals surface area contributed by atoms with E-state index in [2.05, 4.69) is 0 Å². The van der Waals surface area contributed by atoms with Crippen LogP contribution in [0.1, 0.15) is 26.3 Å². The molecule has 4 heteroatoms. The molecule has 1 atom stereocenters. The van der Waals surface area contributed by atoms with Crippen LogP contribution in [0.15, 0.2) is 18.2 Å². The monoisotopic (exact) mass is 240 g/mol. The number of benzene rings is 1. The first kappa shape index (κ1) is 13.5. The van der Waals surface area contributed by atoms with Gasteiger partial charge in [-0.1, -0.05) is 19.9 Å². The zero-order chi connectivity index (χ0) is 13.2. The minimum absolute atomic E-state index is 0.0654. The van der Waals surface area contributed by atoms with E-state index in [0.717, 1.165) is 0 Å². The van der Waals surface area contributed by atoms with Gasteiger partial charge in [0.15, 0.2) is 11.6 Å². The van der Waals surface area contributed by atoms with Gasteiger partial charge in [-0.25, -0.2) is 4.39 Å². The molecule has 0 saturated carbocycles. The highest BCUT2D eigenvalue weighted by atomic mass is 19.1. The van der Waals surface area contributed by atoms with E-state index in [4.69, 9.17) is 4.74 Å². The minimum Gasteiger partial charge on any atom is -0.494 e. The number of ether oxygens (including phenoxy) is 1. The zero-order valence-corrected chi connectivity index (χ0v) is 10.5. The maximum Gasteiger partial charge on any atom is 0.314 e. The number of rotatable bonds is 4. The molecule has 0 fully saturated rings. The topological polar surface area (TPSA) is 46.5 Å². The van der Waals surface area contributed by atoms with Gasteiger partial charge in [-0.2, -0.15) is 0 Å². The van der Waals surface area contributed by atoms with Gasteiger partial charge in [-0.05, 0) is 30.5 Å². The van der Waals surface area contributed by atoms with Crippen molar-refractivity contribution in [2.24, 2.45) is 5.92 Å². The smallest absolute Gasteiger partial charge is 0.314 e. The molecule has 0 aliphatic rings. The van der Waals surface area contributed by atoms with E-state index in [1.165, 1.54) is 25.3 Å². The van der Waals surface area contributed by atoms with Crippen molar-refractivity contribution in [3.8, 4) is 5.75 Å². The average molecular weight is 240 g/mol. The van der Waals surface area contributed by atoms with Crippen LogP contribution in [0, 0.1) is 11.7 Å². The predicted molar refractivity (Wildman–Crippen MR) is 62.8 cm³/mol. The highest BCUT2D eigenvalue weighted by Crippen LogP contribution is 2.34. The van der Waals surface area contributed by atoms with Crippen LogP contribution in [0.4, 0.5) is 4.39 Å². The van der Waals surface area contributed by atoms with Crippen LogP contribution in [-0.2, 0) is 10.2 Å². The Balaban J connectivity index is 3.35. The molecular formula is C13H17FO3. The molecule has 1 rings (SSSR count). The summed E-state index contributed by atoms with van der Waals surface area (Å²) in [5.74, 6) is -1.47. The van der Waals surface area contributed by atoms with Crippen molar-refractivity contribution >= 4 is 5.97 Å². The van der Waals surface area contributed by atoms with E-state index in [9.17, 15) is 14.3 Å². The summed E-state index contributed by atoms with van der Waals surface area (Å²) >= 11 is 0. The lowest BCUT2D eigenvalue weighted by atomic mass is 9.73. The lowest BCUT2D eigenvalue weighted by Gasteiger charge is -2.29. The average Bonchev–Trinajstić information content (AvgIpc) is 2.28. The van der Waals surface area contributed by atoms with Crippen LogP contribution in [-0.4, -0.2) is 18.2 Å². The molecule has 94 valence electrons. The molecule has 0 saturated heterocycles. The first-order valence-corrected chi connectivity index (χ1v) is 5.41. The van der Waals surface area contributed by atoms with E-state index in [0.29, 0.717) is 5.56 Å². The minimum atomic E-state index is -1.05.